The van der Waals surface area contributed by atoms with Crippen molar-refractivity contribution in [3.8, 4) is 11.5 Å². The molecule has 0 radical (unpaired) electrons. The Kier molecular flexibility index (Phi) is 3.95. The molecule has 2 atom stereocenters. The topological polar surface area (TPSA) is 86.8 Å². The zero-order valence-electron chi connectivity index (χ0n) is 11.0. The smallest absolute Gasteiger partial charge is 0.225 e. The number of likely N-dealkylation sites (tertiary alicyclic amines) is 1. The first-order valence-corrected chi connectivity index (χ1v) is 6.52. The van der Waals surface area contributed by atoms with E-state index in [0.717, 1.165) is 18.5 Å². The molecule has 1 heterocycles. The Balaban J connectivity index is 1.98. The van der Waals surface area contributed by atoms with Crippen molar-refractivity contribution in [3.63, 3.8) is 0 Å². The molecular formula is C14H20N2O3. The molecule has 104 valence electrons. The first-order valence-electron chi connectivity index (χ1n) is 6.52. The summed E-state index contributed by atoms with van der Waals surface area (Å²) < 4.78 is 0. The summed E-state index contributed by atoms with van der Waals surface area (Å²) in [7, 11) is 0. The van der Waals surface area contributed by atoms with Crippen molar-refractivity contribution in [2.45, 2.75) is 25.8 Å². The molecular weight excluding hydrogens is 244 g/mol. The lowest BCUT2D eigenvalue weighted by Crippen LogP contribution is -2.36. The van der Waals surface area contributed by atoms with Crippen LogP contribution in [0, 0.1) is 5.92 Å². The minimum Gasteiger partial charge on any atom is -0.504 e. The highest BCUT2D eigenvalue weighted by atomic mass is 16.3. The van der Waals surface area contributed by atoms with Crippen LogP contribution in [-0.2, 0) is 11.2 Å². The van der Waals surface area contributed by atoms with E-state index >= 15 is 0 Å². The summed E-state index contributed by atoms with van der Waals surface area (Å²) in [6, 6.07) is 4.74. The van der Waals surface area contributed by atoms with E-state index in [2.05, 4.69) is 0 Å². The monoisotopic (exact) mass is 264 g/mol. The van der Waals surface area contributed by atoms with Crippen molar-refractivity contribution >= 4 is 5.91 Å². The zero-order valence-corrected chi connectivity index (χ0v) is 11.0. The predicted molar refractivity (Wildman–Crippen MR) is 71.8 cm³/mol. The number of hydrogen-bond donors (Lipinski definition) is 3. The third-order valence-electron chi connectivity index (χ3n) is 3.54. The fourth-order valence-corrected chi connectivity index (χ4v) is 2.44. The number of aromatic hydroxyl groups is 2. The van der Waals surface area contributed by atoms with Gasteiger partial charge in [-0.05, 0) is 30.5 Å². The fraction of sp³-hybridized carbons (Fsp3) is 0.500. The van der Waals surface area contributed by atoms with Crippen LogP contribution in [0.2, 0.25) is 0 Å². The number of nitrogens with two attached hydrogens (primary N) is 1. The second-order valence-corrected chi connectivity index (χ2v) is 5.26. The van der Waals surface area contributed by atoms with Gasteiger partial charge in [-0.2, -0.15) is 0 Å². The number of carbonyl (C=O) groups is 1. The van der Waals surface area contributed by atoms with Gasteiger partial charge in [-0.15, -0.1) is 0 Å². The number of benzene rings is 1. The number of phenolic OH excluding ortho intramolecular Hbond substituents is 2. The molecule has 0 aliphatic carbocycles. The molecule has 5 nitrogen and oxygen atoms in total. The SMILES string of the molecule is CC(Cc1ccc(O)c(O)c1)C(=O)N1CCC(N)C1. The molecule has 1 amide bonds. The van der Waals surface area contributed by atoms with Crippen molar-refractivity contribution < 1.29 is 15.0 Å². The van der Waals surface area contributed by atoms with E-state index in [9.17, 15) is 15.0 Å². The van der Waals surface area contributed by atoms with Crippen LogP contribution >= 0.6 is 0 Å². The Morgan fingerprint density at radius 1 is 1.47 bits per heavy atom. The second kappa shape index (κ2) is 5.48. The maximum absolute atomic E-state index is 12.2. The highest BCUT2D eigenvalue weighted by Gasteiger charge is 2.27. The van der Waals surface area contributed by atoms with Crippen LogP contribution in [0.1, 0.15) is 18.9 Å². The van der Waals surface area contributed by atoms with Crippen molar-refractivity contribution in [1.29, 1.82) is 0 Å². The third-order valence-corrected chi connectivity index (χ3v) is 3.54. The number of amides is 1. The molecule has 2 unspecified atom stereocenters. The summed E-state index contributed by atoms with van der Waals surface area (Å²) >= 11 is 0. The molecule has 0 bridgehead atoms. The summed E-state index contributed by atoms with van der Waals surface area (Å²) in [5.74, 6) is -0.358. The highest BCUT2D eigenvalue weighted by molar-refractivity contribution is 5.79. The summed E-state index contributed by atoms with van der Waals surface area (Å²) in [5, 5.41) is 18.7. The standard InChI is InChI=1S/C14H20N2O3/c1-9(14(19)16-5-4-11(15)8-16)6-10-2-3-12(17)13(18)7-10/h2-3,7,9,11,17-18H,4-6,8,15H2,1H3. The van der Waals surface area contributed by atoms with E-state index < -0.39 is 0 Å². The molecule has 1 fully saturated rings. The van der Waals surface area contributed by atoms with Gasteiger partial charge in [-0.3, -0.25) is 4.79 Å². The molecule has 1 aromatic carbocycles. The Labute approximate surface area is 112 Å². The molecule has 1 aliphatic heterocycles. The number of rotatable bonds is 3. The molecule has 1 aliphatic rings. The Bertz CT molecular complexity index is 476. The van der Waals surface area contributed by atoms with Crippen LogP contribution in [0.15, 0.2) is 18.2 Å². The molecule has 0 spiro atoms. The number of nitrogens with zero attached hydrogens (tertiary/aromatic N) is 1. The Morgan fingerprint density at radius 3 is 2.79 bits per heavy atom. The number of hydrogen-bond acceptors (Lipinski definition) is 4. The lowest BCUT2D eigenvalue weighted by Gasteiger charge is -2.20. The third kappa shape index (κ3) is 3.17. The van der Waals surface area contributed by atoms with Crippen LogP contribution in [-0.4, -0.2) is 40.2 Å². The van der Waals surface area contributed by atoms with Crippen molar-refractivity contribution in [1.82, 2.24) is 4.90 Å². The van der Waals surface area contributed by atoms with Crippen molar-refractivity contribution in [3.05, 3.63) is 23.8 Å². The van der Waals surface area contributed by atoms with E-state index in [1.165, 1.54) is 12.1 Å². The van der Waals surface area contributed by atoms with Crippen LogP contribution in [0.3, 0.4) is 0 Å². The van der Waals surface area contributed by atoms with E-state index in [1.54, 1.807) is 11.0 Å². The first kappa shape index (κ1) is 13.7. The minimum absolute atomic E-state index is 0.0915. The van der Waals surface area contributed by atoms with Crippen LogP contribution in [0.4, 0.5) is 0 Å². The van der Waals surface area contributed by atoms with Gasteiger partial charge in [0.1, 0.15) is 0 Å². The molecule has 4 N–H and O–H groups in total. The van der Waals surface area contributed by atoms with Gasteiger partial charge in [-0.1, -0.05) is 13.0 Å². The fourth-order valence-electron chi connectivity index (χ4n) is 2.44. The molecule has 0 saturated carbocycles. The highest BCUT2D eigenvalue weighted by Crippen LogP contribution is 2.26. The lowest BCUT2D eigenvalue weighted by atomic mass is 9.99. The second-order valence-electron chi connectivity index (χ2n) is 5.26. The average molecular weight is 264 g/mol. The molecule has 1 saturated heterocycles. The average Bonchev–Trinajstić information content (AvgIpc) is 2.79. The largest absolute Gasteiger partial charge is 0.504 e. The van der Waals surface area contributed by atoms with Crippen LogP contribution in [0.25, 0.3) is 0 Å². The van der Waals surface area contributed by atoms with Gasteiger partial charge in [0.2, 0.25) is 5.91 Å². The van der Waals surface area contributed by atoms with Gasteiger partial charge in [0, 0.05) is 25.0 Å². The summed E-state index contributed by atoms with van der Waals surface area (Å²) in [4.78, 5) is 14.0. The molecule has 2 rings (SSSR count). The number of carbonyl (C=O) groups excluding carboxylic acids is 1. The van der Waals surface area contributed by atoms with Gasteiger partial charge in [0.05, 0.1) is 0 Å². The maximum atomic E-state index is 12.2. The van der Waals surface area contributed by atoms with E-state index in [-0.39, 0.29) is 29.4 Å². The molecule has 5 heteroatoms. The Hall–Kier alpha value is -1.75. The molecule has 19 heavy (non-hydrogen) atoms. The van der Waals surface area contributed by atoms with Gasteiger partial charge in [0.15, 0.2) is 11.5 Å². The van der Waals surface area contributed by atoms with Crippen molar-refractivity contribution in [2.75, 3.05) is 13.1 Å². The van der Waals surface area contributed by atoms with E-state index in [4.69, 9.17) is 5.73 Å². The normalized spacial score (nSPS) is 20.5. The Morgan fingerprint density at radius 2 is 2.21 bits per heavy atom. The summed E-state index contributed by atoms with van der Waals surface area (Å²) in [5.41, 5.74) is 6.63. The number of phenols is 2. The van der Waals surface area contributed by atoms with Crippen molar-refractivity contribution in [2.24, 2.45) is 11.7 Å². The van der Waals surface area contributed by atoms with E-state index in [0.29, 0.717) is 13.0 Å². The first-order chi connectivity index (χ1) is 8.97. The lowest BCUT2D eigenvalue weighted by molar-refractivity contribution is -0.133. The van der Waals surface area contributed by atoms with Gasteiger partial charge < -0.3 is 20.8 Å². The minimum atomic E-state index is -0.158. The van der Waals surface area contributed by atoms with Gasteiger partial charge >= 0.3 is 0 Å². The maximum Gasteiger partial charge on any atom is 0.225 e. The van der Waals surface area contributed by atoms with Gasteiger partial charge in [0.25, 0.3) is 0 Å². The van der Waals surface area contributed by atoms with E-state index in [1.807, 2.05) is 6.92 Å². The van der Waals surface area contributed by atoms with Crippen LogP contribution in [0.5, 0.6) is 11.5 Å². The molecule has 0 aromatic heterocycles. The summed E-state index contributed by atoms with van der Waals surface area (Å²) in [6.07, 6.45) is 1.40. The van der Waals surface area contributed by atoms with Gasteiger partial charge in [-0.25, -0.2) is 0 Å². The predicted octanol–water partition coefficient (Wildman–Crippen LogP) is 0.836. The van der Waals surface area contributed by atoms with Crippen LogP contribution < -0.4 is 5.73 Å². The molecule has 1 aromatic rings. The quantitative estimate of drug-likeness (QED) is 0.706. The summed E-state index contributed by atoms with van der Waals surface area (Å²) in [6.45, 7) is 3.23. The zero-order chi connectivity index (χ0) is 14.0.